The van der Waals surface area contributed by atoms with Crippen LogP contribution in [0.15, 0.2) is 35.3 Å². The van der Waals surface area contributed by atoms with Gasteiger partial charge in [0.05, 0.1) is 12.7 Å². The minimum Gasteiger partial charge on any atom is -0.379 e. The van der Waals surface area contributed by atoms with Gasteiger partial charge < -0.3 is 25.0 Å². The second-order valence-electron chi connectivity index (χ2n) is 6.73. The zero-order valence-corrected chi connectivity index (χ0v) is 17.2. The lowest BCUT2D eigenvalue weighted by Gasteiger charge is -2.20. The molecule has 2 N–H and O–H groups in total. The first-order valence-electron chi connectivity index (χ1n) is 10.3. The van der Waals surface area contributed by atoms with Crippen LogP contribution in [0.1, 0.15) is 32.3 Å². The van der Waals surface area contributed by atoms with Gasteiger partial charge in [-0.2, -0.15) is 0 Å². The maximum absolute atomic E-state index is 12.5. The summed E-state index contributed by atoms with van der Waals surface area (Å²) in [7, 11) is 0. The van der Waals surface area contributed by atoms with Crippen LogP contribution in [-0.2, 0) is 20.8 Å². The molecule has 1 aromatic carbocycles. The van der Waals surface area contributed by atoms with Gasteiger partial charge in [0.2, 0.25) is 5.91 Å². The van der Waals surface area contributed by atoms with E-state index in [2.05, 4.69) is 15.6 Å². The van der Waals surface area contributed by atoms with Crippen molar-refractivity contribution in [2.45, 2.75) is 39.3 Å². The van der Waals surface area contributed by atoms with E-state index in [9.17, 15) is 4.79 Å². The Labute approximate surface area is 168 Å². The van der Waals surface area contributed by atoms with Crippen molar-refractivity contribution < 1.29 is 14.3 Å². The summed E-state index contributed by atoms with van der Waals surface area (Å²) in [4.78, 5) is 18.8. The lowest BCUT2D eigenvalue weighted by molar-refractivity contribution is -0.130. The quantitative estimate of drug-likeness (QED) is 0.342. The molecule has 1 aliphatic rings. The molecule has 0 radical (unpaired) electrons. The van der Waals surface area contributed by atoms with E-state index in [1.807, 2.05) is 49.1 Å². The number of likely N-dealkylation sites (N-methyl/N-ethyl adjacent to an activating group) is 1. The molecule has 7 heteroatoms. The molecule has 7 nitrogen and oxygen atoms in total. The van der Waals surface area contributed by atoms with Crippen molar-refractivity contribution >= 4 is 11.9 Å². The topological polar surface area (TPSA) is 75.2 Å². The third-order valence-corrected chi connectivity index (χ3v) is 4.52. The summed E-state index contributed by atoms with van der Waals surface area (Å²) in [5, 5.41) is 6.45. The minimum absolute atomic E-state index is 0.0214. The molecule has 1 amide bonds. The Bertz CT molecular complexity index is 589. The highest BCUT2D eigenvalue weighted by Crippen LogP contribution is 2.08. The van der Waals surface area contributed by atoms with Crippen LogP contribution < -0.4 is 10.6 Å². The molecule has 28 heavy (non-hydrogen) atoms. The molecule has 0 saturated carbocycles. The molecule has 0 aromatic heterocycles. The van der Waals surface area contributed by atoms with E-state index in [-0.39, 0.29) is 18.6 Å². The van der Waals surface area contributed by atoms with Crippen LogP contribution in [0, 0.1) is 0 Å². The van der Waals surface area contributed by atoms with Crippen LogP contribution in [0.5, 0.6) is 0 Å². The number of nitrogens with zero attached hydrogens (tertiary/aromatic N) is 2. The van der Waals surface area contributed by atoms with E-state index >= 15 is 0 Å². The third-order valence-electron chi connectivity index (χ3n) is 4.52. The molecule has 1 fully saturated rings. The summed E-state index contributed by atoms with van der Waals surface area (Å²) in [5.41, 5.74) is 1.12. The van der Waals surface area contributed by atoms with Crippen LogP contribution in [0.25, 0.3) is 0 Å². The van der Waals surface area contributed by atoms with Crippen LogP contribution in [0.4, 0.5) is 0 Å². The molecule has 1 heterocycles. The van der Waals surface area contributed by atoms with E-state index in [1.54, 1.807) is 0 Å². The molecule has 1 aromatic rings. The summed E-state index contributed by atoms with van der Waals surface area (Å²) in [6.45, 7) is 9.09. The fraction of sp³-hybridized carbons (Fsp3) is 0.619. The first-order chi connectivity index (χ1) is 13.7. The fourth-order valence-electron chi connectivity index (χ4n) is 2.94. The maximum Gasteiger partial charge on any atom is 0.244 e. The molecular weight excluding hydrogens is 356 g/mol. The predicted octanol–water partition coefficient (Wildman–Crippen LogP) is 1.79. The molecule has 1 unspecified atom stereocenters. The smallest absolute Gasteiger partial charge is 0.244 e. The number of ether oxygens (including phenoxy) is 2. The number of aliphatic imine (C=N–C) groups is 1. The maximum atomic E-state index is 12.5. The minimum atomic E-state index is 0.0214. The number of guanidine groups is 1. The monoisotopic (exact) mass is 390 g/mol. The number of nitrogens with one attached hydrogen (secondary N) is 2. The lowest BCUT2D eigenvalue weighted by atomic mass is 10.2. The highest BCUT2D eigenvalue weighted by atomic mass is 16.5. The van der Waals surface area contributed by atoms with Crippen LogP contribution in [-0.4, -0.2) is 68.9 Å². The number of carbonyl (C=O) groups excluding carboxylic acids is 1. The van der Waals surface area contributed by atoms with Gasteiger partial charge in [0.25, 0.3) is 0 Å². The normalized spacial score (nSPS) is 16.8. The average molecular weight is 391 g/mol. The second kappa shape index (κ2) is 13.1. The highest BCUT2D eigenvalue weighted by molar-refractivity contribution is 5.84. The van der Waals surface area contributed by atoms with Gasteiger partial charge in [0, 0.05) is 39.4 Å². The molecule has 0 aliphatic carbocycles. The number of carbonyl (C=O) groups is 1. The molecule has 0 bridgehead atoms. The Kier molecular flexibility index (Phi) is 10.4. The number of hydrogen-bond acceptors (Lipinski definition) is 4. The molecule has 1 aliphatic heterocycles. The molecule has 0 spiro atoms. The van der Waals surface area contributed by atoms with Crippen LogP contribution >= 0.6 is 0 Å². The van der Waals surface area contributed by atoms with Gasteiger partial charge in [-0.05, 0) is 32.3 Å². The van der Waals surface area contributed by atoms with Gasteiger partial charge >= 0.3 is 0 Å². The van der Waals surface area contributed by atoms with Gasteiger partial charge in [0.1, 0.15) is 6.54 Å². The van der Waals surface area contributed by atoms with Crippen LogP contribution in [0.2, 0.25) is 0 Å². The van der Waals surface area contributed by atoms with Gasteiger partial charge in [0.15, 0.2) is 5.96 Å². The molecule has 156 valence electrons. The van der Waals surface area contributed by atoms with E-state index in [4.69, 9.17) is 9.47 Å². The Morgan fingerprint density at radius 3 is 2.79 bits per heavy atom. The van der Waals surface area contributed by atoms with Crippen molar-refractivity contribution in [1.82, 2.24) is 15.5 Å². The molecule has 1 atom stereocenters. The predicted molar refractivity (Wildman–Crippen MR) is 111 cm³/mol. The largest absolute Gasteiger partial charge is 0.379 e. The van der Waals surface area contributed by atoms with Crippen molar-refractivity contribution in [1.29, 1.82) is 0 Å². The molecule has 2 rings (SSSR count). The Hall–Kier alpha value is -2.12. The van der Waals surface area contributed by atoms with Gasteiger partial charge in [-0.3, -0.25) is 4.79 Å². The number of rotatable bonds is 11. The fourth-order valence-corrected chi connectivity index (χ4v) is 2.94. The van der Waals surface area contributed by atoms with E-state index in [1.165, 1.54) is 0 Å². The van der Waals surface area contributed by atoms with E-state index < -0.39 is 0 Å². The third kappa shape index (κ3) is 8.27. The Morgan fingerprint density at radius 1 is 1.29 bits per heavy atom. The second-order valence-corrected chi connectivity index (χ2v) is 6.73. The Balaban J connectivity index is 1.73. The zero-order chi connectivity index (χ0) is 20.0. The average Bonchev–Trinajstić information content (AvgIpc) is 3.24. The van der Waals surface area contributed by atoms with Gasteiger partial charge in [-0.1, -0.05) is 30.3 Å². The van der Waals surface area contributed by atoms with Crippen molar-refractivity contribution in [2.75, 3.05) is 46.0 Å². The highest BCUT2D eigenvalue weighted by Gasteiger charge is 2.15. The van der Waals surface area contributed by atoms with E-state index in [0.717, 1.165) is 38.1 Å². The number of amides is 1. The summed E-state index contributed by atoms with van der Waals surface area (Å²) < 4.78 is 11.1. The Morgan fingerprint density at radius 2 is 2.11 bits per heavy atom. The first-order valence-corrected chi connectivity index (χ1v) is 10.3. The summed E-state index contributed by atoms with van der Waals surface area (Å²) in [5.74, 6) is 0.684. The van der Waals surface area contributed by atoms with Gasteiger partial charge in [-0.25, -0.2) is 4.99 Å². The van der Waals surface area contributed by atoms with Crippen molar-refractivity contribution in [2.24, 2.45) is 4.99 Å². The lowest BCUT2D eigenvalue weighted by Crippen LogP contribution is -2.39. The summed E-state index contributed by atoms with van der Waals surface area (Å²) in [6.07, 6.45) is 2.10. The van der Waals surface area contributed by atoms with Gasteiger partial charge in [-0.15, -0.1) is 0 Å². The SMILES string of the molecule is CCNC(=NCC(=O)N(CC)Cc1ccccc1)NCCCOC1CCOC1. The molecular formula is C21H34N4O3. The number of hydrogen-bond donors (Lipinski definition) is 2. The van der Waals surface area contributed by atoms with Crippen molar-refractivity contribution in [3.63, 3.8) is 0 Å². The molecule has 1 saturated heterocycles. The first kappa shape index (κ1) is 22.2. The zero-order valence-electron chi connectivity index (χ0n) is 17.2. The van der Waals surface area contributed by atoms with Crippen molar-refractivity contribution in [3.05, 3.63) is 35.9 Å². The van der Waals surface area contributed by atoms with E-state index in [0.29, 0.717) is 32.3 Å². The standard InChI is InChI=1S/C21H34N4O3/c1-3-22-21(23-12-8-13-28-19-11-14-27-17-19)24-15-20(26)25(4-2)16-18-9-6-5-7-10-18/h5-7,9-10,19H,3-4,8,11-17H2,1-2H3,(H2,22,23,24). The number of benzene rings is 1. The van der Waals surface area contributed by atoms with Crippen molar-refractivity contribution in [3.8, 4) is 0 Å². The van der Waals surface area contributed by atoms with Crippen LogP contribution in [0.3, 0.4) is 0 Å². The summed E-state index contributed by atoms with van der Waals surface area (Å²) in [6, 6.07) is 10.0. The summed E-state index contributed by atoms with van der Waals surface area (Å²) >= 11 is 0.